The second-order valence-electron chi connectivity index (χ2n) is 3.79. The molecule has 80 valence electrons. The fourth-order valence-electron chi connectivity index (χ4n) is 1.94. The number of benzene rings is 1. The van der Waals surface area contributed by atoms with Gasteiger partial charge in [0.2, 0.25) is 0 Å². The molecule has 0 saturated carbocycles. The van der Waals surface area contributed by atoms with Gasteiger partial charge in [-0.15, -0.1) is 0 Å². The fourth-order valence-corrected chi connectivity index (χ4v) is 2.14. The summed E-state index contributed by atoms with van der Waals surface area (Å²) in [6.45, 7) is 0.752. The summed E-state index contributed by atoms with van der Waals surface area (Å²) >= 11 is 5.98. The highest BCUT2D eigenvalue weighted by Crippen LogP contribution is 2.27. The quantitative estimate of drug-likeness (QED) is 0.744. The third kappa shape index (κ3) is 1.41. The number of aliphatic imine (C=N–C) groups is 1. The molecule has 0 aliphatic carbocycles. The van der Waals surface area contributed by atoms with E-state index < -0.39 is 0 Å². The van der Waals surface area contributed by atoms with Gasteiger partial charge in [-0.1, -0.05) is 11.6 Å². The molecule has 0 saturated heterocycles. The van der Waals surface area contributed by atoms with Gasteiger partial charge in [0.15, 0.2) is 0 Å². The summed E-state index contributed by atoms with van der Waals surface area (Å²) in [6, 6.07) is 9.59. The highest BCUT2D eigenvalue weighted by molar-refractivity contribution is 6.30. The van der Waals surface area contributed by atoms with Crippen LogP contribution in [0.1, 0.15) is 11.3 Å². The zero-order valence-corrected chi connectivity index (χ0v) is 9.28. The number of nitrogens with two attached hydrogens (primary N) is 1. The van der Waals surface area contributed by atoms with Gasteiger partial charge < -0.3 is 10.3 Å². The molecule has 3 rings (SSSR count). The Morgan fingerprint density at radius 3 is 3.06 bits per heavy atom. The van der Waals surface area contributed by atoms with Crippen LogP contribution in [0.4, 0.5) is 5.69 Å². The fraction of sp³-hybridized carbons (Fsp3) is 0.0833. The summed E-state index contributed by atoms with van der Waals surface area (Å²) in [6.07, 6.45) is 1.99. The molecular weight excluding hydrogens is 222 g/mol. The lowest BCUT2D eigenvalue weighted by atomic mass is 10.2. The maximum absolute atomic E-state index is 5.98. The average Bonchev–Trinajstić information content (AvgIpc) is 2.65. The Bertz CT molecular complexity index is 584. The third-order valence-corrected chi connectivity index (χ3v) is 2.95. The molecule has 16 heavy (non-hydrogen) atoms. The van der Waals surface area contributed by atoms with Crippen LogP contribution in [-0.4, -0.2) is 10.4 Å². The Balaban J connectivity index is 2.23. The number of hydrogen-bond acceptors (Lipinski definition) is 2. The Labute approximate surface area is 98.2 Å². The van der Waals surface area contributed by atoms with E-state index in [1.54, 1.807) is 0 Å². The minimum Gasteiger partial charge on any atom is -0.382 e. The molecule has 2 N–H and O–H groups in total. The number of amidine groups is 1. The molecule has 1 aromatic heterocycles. The largest absolute Gasteiger partial charge is 0.382 e. The predicted molar refractivity (Wildman–Crippen MR) is 65.4 cm³/mol. The highest BCUT2D eigenvalue weighted by Gasteiger charge is 2.13. The SMILES string of the molecule is NC1=Nc2ccc(Cl)cc2Cn2cccc21. The molecule has 0 unspecified atom stereocenters. The number of aromatic nitrogens is 1. The first kappa shape index (κ1) is 9.48. The molecule has 0 bridgehead atoms. The molecule has 2 aromatic rings. The van der Waals surface area contributed by atoms with Gasteiger partial charge in [0, 0.05) is 17.8 Å². The van der Waals surface area contributed by atoms with Crippen molar-refractivity contribution in [3.05, 3.63) is 52.8 Å². The van der Waals surface area contributed by atoms with Gasteiger partial charge >= 0.3 is 0 Å². The van der Waals surface area contributed by atoms with Crippen molar-refractivity contribution in [2.75, 3.05) is 0 Å². The normalized spacial score (nSPS) is 13.7. The van der Waals surface area contributed by atoms with Crippen molar-refractivity contribution in [1.29, 1.82) is 0 Å². The molecule has 0 amide bonds. The Kier molecular flexibility index (Phi) is 2.01. The van der Waals surface area contributed by atoms with E-state index in [0.29, 0.717) is 5.84 Å². The van der Waals surface area contributed by atoms with Crippen LogP contribution in [0.2, 0.25) is 5.02 Å². The summed E-state index contributed by atoms with van der Waals surface area (Å²) in [5.41, 5.74) is 8.87. The van der Waals surface area contributed by atoms with Gasteiger partial charge in [-0.25, -0.2) is 4.99 Å². The van der Waals surface area contributed by atoms with Crippen LogP contribution in [0.5, 0.6) is 0 Å². The summed E-state index contributed by atoms with van der Waals surface area (Å²) in [4.78, 5) is 4.41. The number of rotatable bonds is 0. The van der Waals surface area contributed by atoms with Crippen LogP contribution in [-0.2, 0) is 6.54 Å². The first-order valence-electron chi connectivity index (χ1n) is 5.02. The van der Waals surface area contributed by atoms with Crippen molar-refractivity contribution >= 4 is 23.1 Å². The average molecular weight is 232 g/mol. The van der Waals surface area contributed by atoms with Gasteiger partial charge in [0.1, 0.15) is 5.84 Å². The van der Waals surface area contributed by atoms with Gasteiger partial charge in [-0.2, -0.15) is 0 Å². The molecule has 0 atom stereocenters. The molecule has 1 aliphatic heterocycles. The van der Waals surface area contributed by atoms with E-state index in [1.165, 1.54) is 0 Å². The summed E-state index contributed by atoms with van der Waals surface area (Å²) < 4.78 is 2.07. The zero-order valence-electron chi connectivity index (χ0n) is 8.52. The first-order valence-corrected chi connectivity index (χ1v) is 5.40. The third-order valence-electron chi connectivity index (χ3n) is 2.72. The van der Waals surface area contributed by atoms with E-state index in [-0.39, 0.29) is 0 Å². The smallest absolute Gasteiger partial charge is 0.148 e. The van der Waals surface area contributed by atoms with Crippen molar-refractivity contribution in [2.45, 2.75) is 6.54 Å². The van der Waals surface area contributed by atoms with Crippen LogP contribution < -0.4 is 5.73 Å². The van der Waals surface area contributed by atoms with Crippen LogP contribution >= 0.6 is 11.6 Å². The molecular formula is C12H10ClN3. The van der Waals surface area contributed by atoms with Crippen LogP contribution in [0.15, 0.2) is 41.5 Å². The maximum Gasteiger partial charge on any atom is 0.148 e. The Morgan fingerprint density at radius 1 is 1.31 bits per heavy atom. The molecule has 3 nitrogen and oxygen atoms in total. The van der Waals surface area contributed by atoms with E-state index in [0.717, 1.165) is 28.5 Å². The minimum atomic E-state index is 0.547. The highest BCUT2D eigenvalue weighted by atomic mass is 35.5. The molecule has 0 fully saturated rings. The number of fused-ring (bicyclic) bond motifs is 2. The summed E-state index contributed by atoms with van der Waals surface area (Å²) in [5.74, 6) is 0.547. The van der Waals surface area contributed by atoms with Gasteiger partial charge in [-0.3, -0.25) is 0 Å². The van der Waals surface area contributed by atoms with Crippen LogP contribution in [0.25, 0.3) is 0 Å². The van der Waals surface area contributed by atoms with E-state index in [1.807, 2.05) is 36.5 Å². The van der Waals surface area contributed by atoms with E-state index in [2.05, 4.69) is 9.56 Å². The van der Waals surface area contributed by atoms with Crippen LogP contribution in [0.3, 0.4) is 0 Å². The van der Waals surface area contributed by atoms with Gasteiger partial charge in [0.25, 0.3) is 0 Å². The van der Waals surface area contributed by atoms with Crippen molar-refractivity contribution in [2.24, 2.45) is 10.7 Å². The number of nitrogens with zero attached hydrogens (tertiary/aromatic N) is 2. The Morgan fingerprint density at radius 2 is 2.19 bits per heavy atom. The number of hydrogen-bond donors (Lipinski definition) is 1. The second-order valence-corrected chi connectivity index (χ2v) is 4.23. The van der Waals surface area contributed by atoms with E-state index in [9.17, 15) is 0 Å². The second kappa shape index (κ2) is 3.39. The molecule has 0 radical (unpaired) electrons. The Hall–Kier alpha value is -1.74. The van der Waals surface area contributed by atoms with Crippen molar-refractivity contribution < 1.29 is 0 Å². The lowest BCUT2D eigenvalue weighted by Gasteiger charge is -2.06. The standard InChI is InChI=1S/C12H10ClN3/c13-9-3-4-10-8(6-9)7-16-5-1-2-11(16)12(14)15-10/h1-6H,7H2,(H2,14,15). The summed E-state index contributed by atoms with van der Waals surface area (Å²) in [5, 5.41) is 0.725. The zero-order chi connectivity index (χ0) is 11.1. The predicted octanol–water partition coefficient (Wildman–Crippen LogP) is 2.54. The maximum atomic E-state index is 5.98. The number of halogens is 1. The topological polar surface area (TPSA) is 43.3 Å². The van der Waals surface area contributed by atoms with Gasteiger partial charge in [-0.05, 0) is 35.9 Å². The minimum absolute atomic E-state index is 0.547. The van der Waals surface area contributed by atoms with Crippen molar-refractivity contribution in [3.8, 4) is 0 Å². The molecule has 1 aliphatic rings. The molecule has 4 heteroatoms. The molecule has 0 spiro atoms. The van der Waals surface area contributed by atoms with Gasteiger partial charge in [0.05, 0.1) is 11.4 Å². The summed E-state index contributed by atoms with van der Waals surface area (Å²) in [7, 11) is 0. The van der Waals surface area contributed by atoms with Crippen LogP contribution in [0, 0.1) is 0 Å². The van der Waals surface area contributed by atoms with Crippen molar-refractivity contribution in [3.63, 3.8) is 0 Å². The monoisotopic (exact) mass is 231 g/mol. The molecule has 2 heterocycles. The van der Waals surface area contributed by atoms with E-state index >= 15 is 0 Å². The van der Waals surface area contributed by atoms with E-state index in [4.69, 9.17) is 17.3 Å². The first-order chi connectivity index (χ1) is 7.74. The lowest BCUT2D eigenvalue weighted by molar-refractivity contribution is 0.803. The van der Waals surface area contributed by atoms with Crippen molar-refractivity contribution in [1.82, 2.24) is 4.57 Å². The molecule has 1 aromatic carbocycles. The lowest BCUT2D eigenvalue weighted by Crippen LogP contribution is -2.16.